The molecule has 0 aliphatic carbocycles. The summed E-state index contributed by atoms with van der Waals surface area (Å²) in [4.78, 5) is 10.6. The summed E-state index contributed by atoms with van der Waals surface area (Å²) < 4.78 is 5.22. The van der Waals surface area contributed by atoms with Crippen LogP contribution in [0, 0.1) is 13.8 Å². The number of aliphatic hydroxyl groups is 1. The van der Waals surface area contributed by atoms with Crippen molar-refractivity contribution in [3.8, 4) is 5.75 Å². The summed E-state index contributed by atoms with van der Waals surface area (Å²) in [7, 11) is 0. The first-order chi connectivity index (χ1) is 10.0. The van der Waals surface area contributed by atoms with E-state index in [0.29, 0.717) is 36.9 Å². The molecule has 0 unspecified atom stereocenters. The molecule has 0 spiro atoms. The Balaban J connectivity index is 1.84. The van der Waals surface area contributed by atoms with E-state index in [4.69, 9.17) is 4.52 Å². The van der Waals surface area contributed by atoms with Crippen LogP contribution in [-0.4, -0.2) is 42.9 Å². The average Bonchev–Trinajstić information content (AvgIpc) is 3.00. The van der Waals surface area contributed by atoms with Crippen LogP contribution in [0.4, 0.5) is 0 Å². The number of aliphatic hydroxyl groups excluding tert-OH is 1. The highest BCUT2D eigenvalue weighted by Crippen LogP contribution is 2.33. The SMILES string of the molecule is Cc1ccc(O)c(CN2C[C@H](O)C[C@@H]2c2nc(C)no2)n1. The van der Waals surface area contributed by atoms with Gasteiger partial charge in [-0.15, -0.1) is 0 Å². The van der Waals surface area contributed by atoms with Crippen molar-refractivity contribution in [1.29, 1.82) is 0 Å². The van der Waals surface area contributed by atoms with E-state index in [1.54, 1.807) is 19.1 Å². The van der Waals surface area contributed by atoms with Crippen LogP contribution in [0.3, 0.4) is 0 Å². The molecule has 2 aromatic rings. The molecular formula is C14H18N4O3. The van der Waals surface area contributed by atoms with E-state index >= 15 is 0 Å². The minimum absolute atomic E-state index is 0.150. The number of pyridine rings is 1. The second-order valence-corrected chi connectivity index (χ2v) is 5.43. The smallest absolute Gasteiger partial charge is 0.244 e. The van der Waals surface area contributed by atoms with Gasteiger partial charge in [0.1, 0.15) is 5.75 Å². The molecule has 2 N–H and O–H groups in total. The van der Waals surface area contributed by atoms with Crippen molar-refractivity contribution in [2.75, 3.05) is 6.54 Å². The molecule has 1 aliphatic heterocycles. The largest absolute Gasteiger partial charge is 0.506 e. The number of hydrogen-bond acceptors (Lipinski definition) is 7. The van der Waals surface area contributed by atoms with Crippen LogP contribution in [-0.2, 0) is 6.54 Å². The van der Waals surface area contributed by atoms with Crippen molar-refractivity contribution >= 4 is 0 Å². The molecule has 0 radical (unpaired) electrons. The lowest BCUT2D eigenvalue weighted by atomic mass is 10.2. The van der Waals surface area contributed by atoms with E-state index in [-0.39, 0.29) is 11.8 Å². The summed E-state index contributed by atoms with van der Waals surface area (Å²) in [6.07, 6.45) is 0.0861. The molecule has 0 saturated carbocycles. The molecule has 1 aliphatic rings. The van der Waals surface area contributed by atoms with Crippen LogP contribution in [0.2, 0.25) is 0 Å². The van der Waals surface area contributed by atoms with Gasteiger partial charge in [0.15, 0.2) is 5.82 Å². The van der Waals surface area contributed by atoms with Gasteiger partial charge in [0.25, 0.3) is 0 Å². The lowest BCUT2D eigenvalue weighted by Crippen LogP contribution is -2.25. The summed E-state index contributed by atoms with van der Waals surface area (Å²) in [5, 5.41) is 23.6. The molecule has 1 saturated heterocycles. The van der Waals surface area contributed by atoms with Gasteiger partial charge >= 0.3 is 0 Å². The third-order valence-electron chi connectivity index (χ3n) is 3.65. The molecular weight excluding hydrogens is 272 g/mol. The fourth-order valence-corrected chi connectivity index (χ4v) is 2.67. The highest BCUT2D eigenvalue weighted by Gasteiger charge is 2.36. The Bertz CT molecular complexity index is 643. The second kappa shape index (κ2) is 5.42. The Morgan fingerprint density at radius 2 is 2.14 bits per heavy atom. The molecule has 0 aromatic carbocycles. The minimum atomic E-state index is -0.450. The number of aryl methyl sites for hydroxylation is 2. The molecule has 3 rings (SSSR count). The minimum Gasteiger partial charge on any atom is -0.506 e. The van der Waals surface area contributed by atoms with Crippen LogP contribution in [0.25, 0.3) is 0 Å². The first-order valence-corrected chi connectivity index (χ1v) is 6.90. The number of nitrogens with zero attached hydrogens (tertiary/aromatic N) is 4. The molecule has 2 aromatic heterocycles. The number of rotatable bonds is 3. The predicted molar refractivity (Wildman–Crippen MR) is 73.4 cm³/mol. The lowest BCUT2D eigenvalue weighted by molar-refractivity contribution is 0.167. The van der Waals surface area contributed by atoms with Crippen LogP contribution in [0.1, 0.15) is 35.6 Å². The van der Waals surface area contributed by atoms with Gasteiger partial charge in [-0.3, -0.25) is 9.88 Å². The van der Waals surface area contributed by atoms with E-state index in [0.717, 1.165) is 5.69 Å². The van der Waals surface area contributed by atoms with Crippen molar-refractivity contribution in [2.45, 2.75) is 39.0 Å². The molecule has 7 nitrogen and oxygen atoms in total. The number of aromatic hydroxyl groups is 1. The van der Waals surface area contributed by atoms with Crippen molar-refractivity contribution in [3.63, 3.8) is 0 Å². The first kappa shape index (κ1) is 14.0. The van der Waals surface area contributed by atoms with Crippen LogP contribution >= 0.6 is 0 Å². The van der Waals surface area contributed by atoms with E-state index in [9.17, 15) is 10.2 Å². The molecule has 3 heterocycles. The second-order valence-electron chi connectivity index (χ2n) is 5.43. The zero-order valence-corrected chi connectivity index (χ0v) is 12.0. The highest BCUT2D eigenvalue weighted by atomic mass is 16.5. The molecule has 2 atom stereocenters. The summed E-state index contributed by atoms with van der Waals surface area (Å²) in [5.74, 6) is 1.22. The summed E-state index contributed by atoms with van der Waals surface area (Å²) in [6, 6.07) is 3.25. The zero-order chi connectivity index (χ0) is 15.0. The van der Waals surface area contributed by atoms with E-state index in [1.807, 2.05) is 11.8 Å². The Hall–Kier alpha value is -1.99. The van der Waals surface area contributed by atoms with Crippen LogP contribution in [0.15, 0.2) is 16.7 Å². The molecule has 0 bridgehead atoms. The van der Waals surface area contributed by atoms with Gasteiger partial charge in [-0.05, 0) is 32.4 Å². The zero-order valence-electron chi connectivity index (χ0n) is 12.0. The lowest BCUT2D eigenvalue weighted by Gasteiger charge is -2.21. The van der Waals surface area contributed by atoms with Gasteiger partial charge in [0.2, 0.25) is 5.89 Å². The van der Waals surface area contributed by atoms with E-state index in [2.05, 4.69) is 15.1 Å². The maximum atomic E-state index is 9.93. The van der Waals surface area contributed by atoms with Crippen LogP contribution < -0.4 is 0 Å². The summed E-state index contributed by atoms with van der Waals surface area (Å²) in [5.41, 5.74) is 1.43. The summed E-state index contributed by atoms with van der Waals surface area (Å²) >= 11 is 0. The van der Waals surface area contributed by atoms with Crippen molar-refractivity contribution in [3.05, 3.63) is 35.2 Å². The Morgan fingerprint density at radius 3 is 2.86 bits per heavy atom. The van der Waals surface area contributed by atoms with Gasteiger partial charge < -0.3 is 14.7 Å². The fourth-order valence-electron chi connectivity index (χ4n) is 2.67. The van der Waals surface area contributed by atoms with Gasteiger partial charge in [-0.2, -0.15) is 4.98 Å². The molecule has 1 fully saturated rings. The number of aromatic nitrogens is 3. The van der Waals surface area contributed by atoms with Crippen LogP contribution in [0.5, 0.6) is 5.75 Å². The summed E-state index contributed by atoms with van der Waals surface area (Å²) in [6.45, 7) is 4.55. The Labute approximate surface area is 122 Å². The molecule has 0 amide bonds. The maximum absolute atomic E-state index is 9.93. The maximum Gasteiger partial charge on any atom is 0.244 e. The van der Waals surface area contributed by atoms with E-state index < -0.39 is 6.10 Å². The highest BCUT2D eigenvalue weighted by molar-refractivity contribution is 5.27. The number of likely N-dealkylation sites (tertiary alicyclic amines) is 1. The number of β-amino-alcohol motifs (C(OH)–C–C–N with tert-alkyl or cyclic N) is 1. The molecule has 112 valence electrons. The Kier molecular flexibility index (Phi) is 3.60. The molecule has 21 heavy (non-hydrogen) atoms. The van der Waals surface area contributed by atoms with Gasteiger partial charge in [-0.1, -0.05) is 5.16 Å². The average molecular weight is 290 g/mol. The first-order valence-electron chi connectivity index (χ1n) is 6.90. The standard InChI is InChI=1S/C14H18N4O3/c1-8-3-4-13(20)11(15-8)7-18-6-10(19)5-12(18)14-16-9(2)17-21-14/h3-4,10,12,19-20H,5-7H2,1-2H3/t10-,12-/m1/s1. The predicted octanol–water partition coefficient (Wildman–Crippen LogP) is 1.09. The number of hydrogen-bond donors (Lipinski definition) is 2. The van der Waals surface area contributed by atoms with Gasteiger partial charge in [0, 0.05) is 18.8 Å². The monoisotopic (exact) mass is 290 g/mol. The molecule has 7 heteroatoms. The Morgan fingerprint density at radius 1 is 1.33 bits per heavy atom. The van der Waals surface area contributed by atoms with Crippen molar-refractivity contribution in [2.24, 2.45) is 0 Å². The third-order valence-corrected chi connectivity index (χ3v) is 3.65. The fraction of sp³-hybridized carbons (Fsp3) is 0.500. The van der Waals surface area contributed by atoms with Gasteiger partial charge in [-0.25, -0.2) is 0 Å². The normalized spacial score (nSPS) is 22.8. The van der Waals surface area contributed by atoms with Gasteiger partial charge in [0.05, 0.1) is 17.8 Å². The van der Waals surface area contributed by atoms with E-state index in [1.165, 1.54) is 0 Å². The quantitative estimate of drug-likeness (QED) is 0.873. The third kappa shape index (κ3) is 2.88. The van der Waals surface area contributed by atoms with Crippen molar-refractivity contribution in [1.82, 2.24) is 20.0 Å². The van der Waals surface area contributed by atoms with Crippen molar-refractivity contribution < 1.29 is 14.7 Å². The topological polar surface area (TPSA) is 95.5 Å².